The van der Waals surface area contributed by atoms with Crippen LogP contribution in [0.1, 0.15) is 45.3 Å². The Morgan fingerprint density at radius 2 is 2.18 bits per heavy atom. The van der Waals surface area contributed by atoms with Crippen LogP contribution < -0.4 is 5.32 Å². The summed E-state index contributed by atoms with van der Waals surface area (Å²) in [6.07, 6.45) is 4.37. The average Bonchev–Trinajstić information content (AvgIpc) is 2.72. The molecule has 1 rings (SSSR count). The highest BCUT2D eigenvalue weighted by Crippen LogP contribution is 2.21. The van der Waals surface area contributed by atoms with Gasteiger partial charge in [0.15, 0.2) is 0 Å². The number of likely N-dealkylation sites (N-methyl/N-ethyl adjacent to an activating group) is 1. The van der Waals surface area contributed by atoms with Gasteiger partial charge in [0.05, 0.1) is 17.8 Å². The van der Waals surface area contributed by atoms with E-state index in [4.69, 9.17) is 4.74 Å². The van der Waals surface area contributed by atoms with E-state index in [9.17, 15) is 0 Å². The van der Waals surface area contributed by atoms with Crippen molar-refractivity contribution < 1.29 is 4.74 Å². The zero-order chi connectivity index (χ0) is 12.7. The van der Waals surface area contributed by atoms with Gasteiger partial charge in [-0.15, -0.1) is 0 Å². The van der Waals surface area contributed by atoms with Crippen LogP contribution in [0.2, 0.25) is 0 Å². The maximum atomic E-state index is 5.85. The second-order valence-corrected chi connectivity index (χ2v) is 4.23. The molecule has 1 aromatic heterocycles. The normalized spacial score (nSPS) is 14.8. The lowest BCUT2D eigenvalue weighted by Crippen LogP contribution is -2.34. The monoisotopic (exact) mass is 239 g/mol. The molecule has 0 aliphatic heterocycles. The van der Waals surface area contributed by atoms with E-state index in [0.29, 0.717) is 0 Å². The molecule has 17 heavy (non-hydrogen) atoms. The minimum absolute atomic E-state index is 0.195. The van der Waals surface area contributed by atoms with E-state index in [0.717, 1.165) is 31.7 Å². The van der Waals surface area contributed by atoms with E-state index in [-0.39, 0.29) is 12.1 Å². The highest BCUT2D eigenvalue weighted by Gasteiger charge is 2.24. The predicted molar refractivity (Wildman–Crippen MR) is 69.9 cm³/mol. The van der Waals surface area contributed by atoms with Gasteiger partial charge < -0.3 is 10.1 Å². The molecule has 0 radical (unpaired) electrons. The van der Waals surface area contributed by atoms with E-state index < -0.39 is 0 Å². The molecule has 0 aromatic carbocycles. The summed E-state index contributed by atoms with van der Waals surface area (Å²) < 4.78 is 7.69. The molecule has 1 N–H and O–H groups in total. The first-order valence-electron chi connectivity index (χ1n) is 6.57. The van der Waals surface area contributed by atoms with E-state index >= 15 is 0 Å². The highest BCUT2D eigenvalue weighted by atomic mass is 16.5. The molecule has 0 amide bonds. The number of hydrogen-bond acceptors (Lipinski definition) is 3. The topological polar surface area (TPSA) is 39.1 Å². The minimum atomic E-state index is 0.195. The van der Waals surface area contributed by atoms with Crippen LogP contribution >= 0.6 is 0 Å². The van der Waals surface area contributed by atoms with E-state index in [1.807, 2.05) is 24.9 Å². The summed E-state index contributed by atoms with van der Waals surface area (Å²) in [6.45, 7) is 8.02. The fraction of sp³-hybridized carbons (Fsp3) is 0.769. The van der Waals surface area contributed by atoms with Gasteiger partial charge in [-0.05, 0) is 26.0 Å². The maximum Gasteiger partial charge on any atom is 0.0820 e. The van der Waals surface area contributed by atoms with E-state index in [2.05, 4.69) is 30.3 Å². The standard InChI is InChI=1S/C13H25N3O/c1-5-8-12(17-7-3)13(14-6-2)11-9-10-16(4)15-11/h9-10,12-14H,5-8H2,1-4H3. The number of aryl methyl sites for hydroxylation is 1. The molecule has 0 spiro atoms. The molecule has 0 aliphatic carbocycles. The average molecular weight is 239 g/mol. The van der Waals surface area contributed by atoms with Crippen molar-refractivity contribution in [3.05, 3.63) is 18.0 Å². The highest BCUT2D eigenvalue weighted by molar-refractivity contribution is 5.07. The summed E-state index contributed by atoms with van der Waals surface area (Å²) in [5, 5.41) is 7.97. The van der Waals surface area contributed by atoms with Gasteiger partial charge in [0.25, 0.3) is 0 Å². The Kier molecular flexibility index (Phi) is 6.22. The lowest BCUT2D eigenvalue weighted by atomic mass is 10.0. The number of rotatable bonds is 8. The molecule has 1 heterocycles. The predicted octanol–water partition coefficient (Wildman–Crippen LogP) is 2.28. The molecule has 1 aromatic rings. The number of nitrogens with zero attached hydrogens (tertiary/aromatic N) is 2. The Hall–Kier alpha value is -0.870. The Labute approximate surface area is 104 Å². The largest absolute Gasteiger partial charge is 0.376 e. The summed E-state index contributed by atoms with van der Waals surface area (Å²) in [5.74, 6) is 0. The van der Waals surface area contributed by atoms with Crippen molar-refractivity contribution in [1.29, 1.82) is 0 Å². The third kappa shape index (κ3) is 4.13. The zero-order valence-electron chi connectivity index (χ0n) is 11.4. The summed E-state index contributed by atoms with van der Waals surface area (Å²) in [5.41, 5.74) is 1.07. The van der Waals surface area contributed by atoms with Gasteiger partial charge in [-0.2, -0.15) is 5.10 Å². The smallest absolute Gasteiger partial charge is 0.0820 e. The molecule has 0 aliphatic rings. The Morgan fingerprint density at radius 1 is 1.41 bits per heavy atom. The first-order chi connectivity index (χ1) is 8.22. The van der Waals surface area contributed by atoms with Crippen molar-refractivity contribution in [2.75, 3.05) is 13.2 Å². The number of hydrogen-bond donors (Lipinski definition) is 1. The lowest BCUT2D eigenvalue weighted by molar-refractivity contribution is 0.0268. The Morgan fingerprint density at radius 3 is 2.65 bits per heavy atom. The fourth-order valence-corrected chi connectivity index (χ4v) is 2.09. The van der Waals surface area contributed by atoms with Crippen molar-refractivity contribution in [3.8, 4) is 0 Å². The third-order valence-electron chi connectivity index (χ3n) is 2.80. The van der Waals surface area contributed by atoms with Crippen LogP contribution in [0, 0.1) is 0 Å². The summed E-state index contributed by atoms with van der Waals surface area (Å²) in [6, 6.07) is 2.26. The number of ether oxygens (including phenoxy) is 1. The van der Waals surface area contributed by atoms with Crippen molar-refractivity contribution >= 4 is 0 Å². The first kappa shape index (κ1) is 14.2. The summed E-state index contributed by atoms with van der Waals surface area (Å²) >= 11 is 0. The summed E-state index contributed by atoms with van der Waals surface area (Å²) in [7, 11) is 1.95. The van der Waals surface area contributed by atoms with Crippen LogP contribution in [0.15, 0.2) is 12.3 Å². The molecule has 0 fully saturated rings. The van der Waals surface area contributed by atoms with E-state index in [1.54, 1.807) is 0 Å². The van der Waals surface area contributed by atoms with Gasteiger partial charge in [-0.1, -0.05) is 20.3 Å². The molecule has 4 nitrogen and oxygen atoms in total. The molecular weight excluding hydrogens is 214 g/mol. The molecule has 4 heteroatoms. The molecular formula is C13H25N3O. The second kappa shape index (κ2) is 7.45. The van der Waals surface area contributed by atoms with Crippen LogP contribution in [0.3, 0.4) is 0 Å². The number of aromatic nitrogens is 2. The van der Waals surface area contributed by atoms with Gasteiger partial charge in [0, 0.05) is 19.9 Å². The van der Waals surface area contributed by atoms with Gasteiger partial charge in [0.2, 0.25) is 0 Å². The van der Waals surface area contributed by atoms with Gasteiger partial charge >= 0.3 is 0 Å². The Bertz CT molecular complexity index is 305. The van der Waals surface area contributed by atoms with Gasteiger partial charge in [-0.3, -0.25) is 4.68 Å². The van der Waals surface area contributed by atoms with Gasteiger partial charge in [-0.25, -0.2) is 0 Å². The molecule has 0 bridgehead atoms. The minimum Gasteiger partial charge on any atom is -0.376 e. The van der Waals surface area contributed by atoms with Crippen molar-refractivity contribution in [2.24, 2.45) is 7.05 Å². The van der Waals surface area contributed by atoms with E-state index in [1.165, 1.54) is 0 Å². The van der Waals surface area contributed by atoms with Crippen LogP contribution in [0.25, 0.3) is 0 Å². The van der Waals surface area contributed by atoms with Gasteiger partial charge in [0.1, 0.15) is 0 Å². The van der Waals surface area contributed by atoms with Crippen LogP contribution in [0.4, 0.5) is 0 Å². The quantitative estimate of drug-likeness (QED) is 0.756. The fourth-order valence-electron chi connectivity index (χ4n) is 2.09. The molecule has 0 saturated carbocycles. The van der Waals surface area contributed by atoms with Crippen molar-refractivity contribution in [2.45, 2.75) is 45.8 Å². The van der Waals surface area contributed by atoms with Crippen LogP contribution in [-0.2, 0) is 11.8 Å². The van der Waals surface area contributed by atoms with Crippen LogP contribution in [-0.4, -0.2) is 29.0 Å². The molecule has 0 saturated heterocycles. The maximum absolute atomic E-state index is 5.85. The molecule has 2 unspecified atom stereocenters. The second-order valence-electron chi connectivity index (χ2n) is 4.23. The molecule has 2 atom stereocenters. The number of nitrogens with one attached hydrogen (secondary N) is 1. The Balaban J connectivity index is 2.80. The SMILES string of the molecule is CCCC(OCC)C(NCC)c1ccn(C)n1. The zero-order valence-corrected chi connectivity index (χ0v) is 11.4. The summed E-state index contributed by atoms with van der Waals surface area (Å²) in [4.78, 5) is 0. The lowest BCUT2D eigenvalue weighted by Gasteiger charge is -2.26. The van der Waals surface area contributed by atoms with Crippen molar-refractivity contribution in [3.63, 3.8) is 0 Å². The molecule has 98 valence electrons. The first-order valence-corrected chi connectivity index (χ1v) is 6.57. The third-order valence-corrected chi connectivity index (χ3v) is 2.80. The van der Waals surface area contributed by atoms with Crippen LogP contribution in [0.5, 0.6) is 0 Å². The van der Waals surface area contributed by atoms with Crippen molar-refractivity contribution in [1.82, 2.24) is 15.1 Å².